The maximum atomic E-state index is 12.1. The number of hydrogen-bond donors (Lipinski definition) is 2. The predicted molar refractivity (Wildman–Crippen MR) is 79.8 cm³/mol. The normalized spacial score (nSPS) is 26.4. The number of carbonyl (C=O) groups is 1. The lowest BCUT2D eigenvalue weighted by atomic mass is 9.79. The first kappa shape index (κ1) is 13.4. The van der Waals surface area contributed by atoms with Gasteiger partial charge in [-0.05, 0) is 30.6 Å². The van der Waals surface area contributed by atoms with Crippen LogP contribution in [0.2, 0.25) is 0 Å². The molecule has 0 aliphatic heterocycles. The number of carbonyl (C=O) groups excluding carboxylic acids is 1. The Morgan fingerprint density at radius 3 is 2.71 bits per heavy atom. The van der Waals surface area contributed by atoms with E-state index in [2.05, 4.69) is 34.9 Å². The Kier molecular flexibility index (Phi) is 3.74. The van der Waals surface area contributed by atoms with Crippen LogP contribution in [0.4, 0.5) is 0 Å². The third-order valence-corrected chi connectivity index (χ3v) is 4.07. The van der Waals surface area contributed by atoms with E-state index >= 15 is 0 Å². The van der Waals surface area contributed by atoms with Gasteiger partial charge in [0.2, 0.25) is 5.91 Å². The number of rotatable bonds is 4. The highest BCUT2D eigenvalue weighted by atomic mass is 16.1. The van der Waals surface area contributed by atoms with Crippen molar-refractivity contribution in [1.29, 1.82) is 5.26 Å². The van der Waals surface area contributed by atoms with Gasteiger partial charge in [-0.15, -0.1) is 0 Å². The van der Waals surface area contributed by atoms with Crippen LogP contribution in [0.3, 0.4) is 0 Å². The van der Waals surface area contributed by atoms with Crippen molar-refractivity contribution in [2.75, 3.05) is 0 Å². The molecular formula is C17H17N3O. The Hall–Kier alpha value is -2.54. The number of allylic oxidation sites excluding steroid dienone is 3. The van der Waals surface area contributed by atoms with E-state index in [1.807, 2.05) is 30.5 Å². The molecule has 1 aromatic rings. The summed E-state index contributed by atoms with van der Waals surface area (Å²) in [4.78, 5) is 12.1. The summed E-state index contributed by atoms with van der Waals surface area (Å²) in [6, 6.07) is 10.4. The van der Waals surface area contributed by atoms with Crippen molar-refractivity contribution in [2.45, 2.75) is 24.8 Å². The minimum atomic E-state index is 0.0147. The van der Waals surface area contributed by atoms with Crippen LogP contribution in [0.25, 0.3) is 0 Å². The second-order valence-corrected chi connectivity index (χ2v) is 5.53. The molecular weight excluding hydrogens is 262 g/mol. The smallest absolute Gasteiger partial charge is 0.227 e. The zero-order valence-corrected chi connectivity index (χ0v) is 11.6. The number of nitrogens with zero attached hydrogens (tertiary/aromatic N) is 1. The maximum absolute atomic E-state index is 12.1. The summed E-state index contributed by atoms with van der Waals surface area (Å²) in [5.41, 5.74) is 2.09. The zero-order valence-electron chi connectivity index (χ0n) is 11.6. The minimum absolute atomic E-state index is 0.0147. The van der Waals surface area contributed by atoms with Gasteiger partial charge in [0, 0.05) is 23.6 Å². The Balaban J connectivity index is 1.54. The fourth-order valence-electron chi connectivity index (χ4n) is 2.76. The molecule has 1 amide bonds. The van der Waals surface area contributed by atoms with Crippen molar-refractivity contribution < 1.29 is 4.79 Å². The standard InChI is InChI=1S/C17H17N3O/c18-11-19-16-9-14(10-16)17(21)20-15-7-6-13(8-15)12-4-2-1-3-5-12/h1-8,13-14,16,19H,9-10H2,(H,20,21)/t13?,14-,16+. The highest BCUT2D eigenvalue weighted by Gasteiger charge is 2.34. The fourth-order valence-corrected chi connectivity index (χ4v) is 2.76. The van der Waals surface area contributed by atoms with E-state index in [1.165, 1.54) is 5.56 Å². The molecule has 2 aliphatic rings. The van der Waals surface area contributed by atoms with Crippen molar-refractivity contribution >= 4 is 5.91 Å². The molecule has 0 heterocycles. The minimum Gasteiger partial charge on any atom is -0.326 e. The SMILES string of the molecule is N#CN[C@H]1C[C@@H](C(=O)NC2=CC(c3ccccc3)C=C2)C1. The fraction of sp³-hybridized carbons (Fsp3) is 0.294. The van der Waals surface area contributed by atoms with E-state index in [1.54, 1.807) is 0 Å². The van der Waals surface area contributed by atoms with E-state index < -0.39 is 0 Å². The average molecular weight is 279 g/mol. The molecule has 1 fully saturated rings. The van der Waals surface area contributed by atoms with Crippen molar-refractivity contribution in [1.82, 2.24) is 10.6 Å². The number of benzene rings is 1. The lowest BCUT2D eigenvalue weighted by Crippen LogP contribution is -2.45. The van der Waals surface area contributed by atoms with Crippen LogP contribution >= 0.6 is 0 Å². The molecule has 106 valence electrons. The molecule has 1 aromatic carbocycles. The van der Waals surface area contributed by atoms with Gasteiger partial charge in [-0.3, -0.25) is 4.79 Å². The number of nitriles is 1. The quantitative estimate of drug-likeness (QED) is 0.656. The van der Waals surface area contributed by atoms with E-state index in [-0.39, 0.29) is 23.8 Å². The molecule has 2 N–H and O–H groups in total. The van der Waals surface area contributed by atoms with Crippen molar-refractivity contribution in [2.24, 2.45) is 5.92 Å². The van der Waals surface area contributed by atoms with Crippen LogP contribution in [0.5, 0.6) is 0 Å². The molecule has 0 bridgehead atoms. The van der Waals surface area contributed by atoms with Crippen molar-refractivity contribution in [3.63, 3.8) is 0 Å². The first-order valence-corrected chi connectivity index (χ1v) is 7.16. The summed E-state index contributed by atoms with van der Waals surface area (Å²) in [7, 11) is 0. The van der Waals surface area contributed by atoms with Gasteiger partial charge in [0.1, 0.15) is 0 Å². The summed E-state index contributed by atoms with van der Waals surface area (Å²) in [6.07, 6.45) is 9.50. The molecule has 2 aliphatic carbocycles. The lowest BCUT2D eigenvalue weighted by molar-refractivity contribution is -0.127. The third-order valence-electron chi connectivity index (χ3n) is 4.07. The zero-order chi connectivity index (χ0) is 14.7. The van der Waals surface area contributed by atoms with Crippen LogP contribution in [0.1, 0.15) is 24.3 Å². The van der Waals surface area contributed by atoms with Gasteiger partial charge in [-0.1, -0.05) is 36.4 Å². The highest BCUT2D eigenvalue weighted by Crippen LogP contribution is 2.29. The molecule has 0 spiro atoms. The van der Waals surface area contributed by atoms with Gasteiger partial charge in [0.25, 0.3) is 0 Å². The number of hydrogen-bond acceptors (Lipinski definition) is 3. The predicted octanol–water partition coefficient (Wildman–Crippen LogP) is 2.19. The number of nitrogens with one attached hydrogen (secondary N) is 2. The van der Waals surface area contributed by atoms with Gasteiger partial charge < -0.3 is 10.6 Å². The van der Waals surface area contributed by atoms with E-state index in [4.69, 9.17) is 5.26 Å². The summed E-state index contributed by atoms with van der Waals surface area (Å²) < 4.78 is 0. The molecule has 1 atom stereocenters. The molecule has 0 aromatic heterocycles. The molecule has 4 heteroatoms. The molecule has 21 heavy (non-hydrogen) atoms. The first-order valence-electron chi connectivity index (χ1n) is 7.16. The largest absolute Gasteiger partial charge is 0.326 e. The molecule has 1 unspecified atom stereocenters. The van der Waals surface area contributed by atoms with Crippen LogP contribution in [0.15, 0.2) is 54.3 Å². The van der Waals surface area contributed by atoms with E-state index in [0.717, 1.165) is 18.5 Å². The Morgan fingerprint density at radius 2 is 2.00 bits per heavy atom. The summed E-state index contributed by atoms with van der Waals surface area (Å²) in [5.74, 6) is 0.299. The monoisotopic (exact) mass is 279 g/mol. The summed E-state index contributed by atoms with van der Waals surface area (Å²) >= 11 is 0. The maximum Gasteiger partial charge on any atom is 0.227 e. The lowest BCUT2D eigenvalue weighted by Gasteiger charge is -2.32. The second kappa shape index (κ2) is 5.84. The molecule has 0 saturated heterocycles. The van der Waals surface area contributed by atoms with E-state index in [9.17, 15) is 4.79 Å². The van der Waals surface area contributed by atoms with Crippen molar-refractivity contribution in [3.05, 3.63) is 59.8 Å². The van der Waals surface area contributed by atoms with Gasteiger partial charge >= 0.3 is 0 Å². The second-order valence-electron chi connectivity index (χ2n) is 5.53. The van der Waals surface area contributed by atoms with Crippen molar-refractivity contribution in [3.8, 4) is 6.19 Å². The van der Waals surface area contributed by atoms with Gasteiger partial charge in [0.15, 0.2) is 6.19 Å². The third kappa shape index (κ3) is 2.97. The summed E-state index contributed by atoms with van der Waals surface area (Å²) in [6.45, 7) is 0. The number of amides is 1. The Morgan fingerprint density at radius 1 is 1.24 bits per heavy atom. The summed E-state index contributed by atoms with van der Waals surface area (Å²) in [5, 5.41) is 14.2. The van der Waals surface area contributed by atoms with Gasteiger partial charge in [0.05, 0.1) is 0 Å². The Bertz CT molecular complexity index is 621. The topological polar surface area (TPSA) is 64.9 Å². The molecule has 3 rings (SSSR count). The highest BCUT2D eigenvalue weighted by molar-refractivity contribution is 5.82. The first-order chi connectivity index (χ1) is 10.3. The van der Waals surface area contributed by atoms with Gasteiger partial charge in [-0.25, -0.2) is 0 Å². The average Bonchev–Trinajstić information content (AvgIpc) is 2.91. The van der Waals surface area contributed by atoms with Crippen LogP contribution in [0, 0.1) is 17.4 Å². The molecule has 1 saturated carbocycles. The van der Waals surface area contributed by atoms with Gasteiger partial charge in [-0.2, -0.15) is 5.26 Å². The Labute approximate surface area is 124 Å². The van der Waals surface area contributed by atoms with Crippen LogP contribution in [-0.2, 0) is 4.79 Å². The van der Waals surface area contributed by atoms with Crippen LogP contribution in [-0.4, -0.2) is 11.9 Å². The molecule has 0 radical (unpaired) electrons. The van der Waals surface area contributed by atoms with E-state index in [0.29, 0.717) is 0 Å². The van der Waals surface area contributed by atoms with Crippen LogP contribution < -0.4 is 10.6 Å². The molecule has 4 nitrogen and oxygen atoms in total.